The van der Waals surface area contributed by atoms with E-state index in [1.165, 1.54) is 26.2 Å². The van der Waals surface area contributed by atoms with Crippen LogP contribution in [0, 0.1) is 0 Å². The predicted molar refractivity (Wildman–Crippen MR) is 99.8 cm³/mol. The van der Waals surface area contributed by atoms with Crippen LogP contribution >= 0.6 is 12.4 Å². The standard InChI is InChI=1S/C17H25N3O5.ClH/c1-19(11-15(21)20-7-5-18-6-8-20)17(22)12-9-13(23-2)16(25-4)14(10-12)24-3;/h9-10,18H,5-8,11H2,1-4H3;1H. The van der Waals surface area contributed by atoms with Crippen molar-refractivity contribution in [1.29, 1.82) is 0 Å². The Balaban J connectivity index is 0.00000338. The lowest BCUT2D eigenvalue weighted by atomic mass is 10.1. The summed E-state index contributed by atoms with van der Waals surface area (Å²) in [6, 6.07) is 3.16. The third-order valence-electron chi connectivity index (χ3n) is 4.10. The van der Waals surface area contributed by atoms with Gasteiger partial charge in [0.25, 0.3) is 5.91 Å². The fourth-order valence-corrected chi connectivity index (χ4v) is 2.71. The maximum Gasteiger partial charge on any atom is 0.254 e. The molecule has 0 bridgehead atoms. The van der Waals surface area contributed by atoms with Crippen molar-refractivity contribution in [3.05, 3.63) is 17.7 Å². The summed E-state index contributed by atoms with van der Waals surface area (Å²) in [6.07, 6.45) is 0. The summed E-state index contributed by atoms with van der Waals surface area (Å²) in [5, 5.41) is 3.19. The molecule has 0 spiro atoms. The average molecular weight is 388 g/mol. The van der Waals surface area contributed by atoms with Crippen molar-refractivity contribution in [2.24, 2.45) is 0 Å². The minimum Gasteiger partial charge on any atom is -0.493 e. The first-order valence-electron chi connectivity index (χ1n) is 8.05. The van der Waals surface area contributed by atoms with Gasteiger partial charge < -0.3 is 29.3 Å². The number of hydrogen-bond acceptors (Lipinski definition) is 6. The molecule has 1 aromatic rings. The van der Waals surface area contributed by atoms with Gasteiger partial charge in [0.2, 0.25) is 11.7 Å². The number of ether oxygens (including phenoxy) is 3. The van der Waals surface area contributed by atoms with Crippen LogP contribution in [0.4, 0.5) is 0 Å². The zero-order valence-electron chi connectivity index (χ0n) is 15.5. The first-order valence-corrected chi connectivity index (χ1v) is 8.05. The zero-order valence-corrected chi connectivity index (χ0v) is 16.4. The lowest BCUT2D eigenvalue weighted by Gasteiger charge is -2.29. The molecule has 1 N–H and O–H groups in total. The van der Waals surface area contributed by atoms with Crippen molar-refractivity contribution in [3.63, 3.8) is 0 Å². The van der Waals surface area contributed by atoms with E-state index >= 15 is 0 Å². The third kappa shape index (κ3) is 4.92. The summed E-state index contributed by atoms with van der Waals surface area (Å²) >= 11 is 0. The fraction of sp³-hybridized carbons (Fsp3) is 0.529. The normalized spacial score (nSPS) is 13.5. The molecular weight excluding hydrogens is 362 g/mol. The molecule has 9 heteroatoms. The molecule has 2 amide bonds. The van der Waals surface area contributed by atoms with Crippen LogP contribution in [0.25, 0.3) is 0 Å². The van der Waals surface area contributed by atoms with Crippen molar-refractivity contribution in [1.82, 2.24) is 15.1 Å². The number of nitrogens with zero attached hydrogens (tertiary/aromatic N) is 2. The number of piperazine rings is 1. The molecule has 26 heavy (non-hydrogen) atoms. The van der Waals surface area contributed by atoms with Crippen molar-refractivity contribution in [2.45, 2.75) is 0 Å². The molecule has 1 aromatic carbocycles. The molecule has 1 aliphatic heterocycles. The summed E-state index contributed by atoms with van der Waals surface area (Å²) in [5.41, 5.74) is 0.366. The maximum atomic E-state index is 12.7. The number of hydrogen-bond donors (Lipinski definition) is 1. The van der Waals surface area contributed by atoms with Gasteiger partial charge in [0.15, 0.2) is 11.5 Å². The molecule has 1 fully saturated rings. The molecule has 0 aromatic heterocycles. The highest BCUT2D eigenvalue weighted by Crippen LogP contribution is 2.38. The molecule has 8 nitrogen and oxygen atoms in total. The van der Waals surface area contributed by atoms with Crippen molar-refractivity contribution >= 4 is 24.2 Å². The number of benzene rings is 1. The summed E-state index contributed by atoms with van der Waals surface area (Å²) in [4.78, 5) is 28.2. The number of carbonyl (C=O) groups excluding carboxylic acids is 2. The van der Waals surface area contributed by atoms with E-state index in [1.807, 2.05) is 0 Å². The van der Waals surface area contributed by atoms with Crippen LogP contribution < -0.4 is 19.5 Å². The Morgan fingerprint density at radius 1 is 1.08 bits per heavy atom. The van der Waals surface area contributed by atoms with Gasteiger partial charge in [-0.15, -0.1) is 12.4 Å². The van der Waals surface area contributed by atoms with Gasteiger partial charge in [-0.25, -0.2) is 0 Å². The van der Waals surface area contributed by atoms with Gasteiger partial charge in [0.1, 0.15) is 0 Å². The van der Waals surface area contributed by atoms with Gasteiger partial charge in [-0.05, 0) is 12.1 Å². The Morgan fingerprint density at radius 2 is 1.62 bits per heavy atom. The minimum absolute atomic E-state index is 0. The van der Waals surface area contributed by atoms with Gasteiger partial charge in [0.05, 0.1) is 27.9 Å². The van der Waals surface area contributed by atoms with Gasteiger partial charge in [-0.1, -0.05) is 0 Å². The van der Waals surface area contributed by atoms with Crippen LogP contribution in [0.15, 0.2) is 12.1 Å². The van der Waals surface area contributed by atoms with Gasteiger partial charge in [0, 0.05) is 38.8 Å². The van der Waals surface area contributed by atoms with E-state index in [9.17, 15) is 9.59 Å². The average Bonchev–Trinajstić information content (AvgIpc) is 2.66. The highest BCUT2D eigenvalue weighted by Gasteiger charge is 2.23. The predicted octanol–water partition coefficient (Wildman–Crippen LogP) is 0.638. The second kappa shape index (κ2) is 10.1. The number of likely N-dealkylation sites (N-methyl/N-ethyl adjacent to an activating group) is 1. The molecule has 1 heterocycles. The molecule has 2 rings (SSSR count). The molecule has 0 aliphatic carbocycles. The SMILES string of the molecule is COc1cc(C(=O)N(C)CC(=O)N2CCNCC2)cc(OC)c1OC.Cl. The molecule has 0 atom stereocenters. The van der Waals surface area contributed by atoms with E-state index in [1.54, 1.807) is 24.1 Å². The Morgan fingerprint density at radius 3 is 2.08 bits per heavy atom. The summed E-state index contributed by atoms with van der Waals surface area (Å²) in [6.45, 7) is 2.89. The van der Waals surface area contributed by atoms with Crippen molar-refractivity contribution < 1.29 is 23.8 Å². The highest BCUT2D eigenvalue weighted by molar-refractivity contribution is 5.97. The summed E-state index contributed by atoms with van der Waals surface area (Å²) in [7, 11) is 6.08. The quantitative estimate of drug-likeness (QED) is 0.771. The number of carbonyl (C=O) groups is 2. The van der Waals surface area contributed by atoms with E-state index in [0.717, 1.165) is 13.1 Å². The van der Waals surface area contributed by atoms with Gasteiger partial charge >= 0.3 is 0 Å². The molecule has 146 valence electrons. The Hall–Kier alpha value is -2.19. The van der Waals surface area contributed by atoms with Crippen LogP contribution in [0.5, 0.6) is 17.2 Å². The van der Waals surface area contributed by atoms with Crippen LogP contribution in [-0.2, 0) is 4.79 Å². The second-order valence-corrected chi connectivity index (χ2v) is 5.71. The molecule has 1 aliphatic rings. The maximum absolute atomic E-state index is 12.7. The number of amides is 2. The molecular formula is C17H26ClN3O5. The topological polar surface area (TPSA) is 80.3 Å². The lowest BCUT2D eigenvalue weighted by Crippen LogP contribution is -2.49. The van der Waals surface area contributed by atoms with Crippen LogP contribution in [0.1, 0.15) is 10.4 Å². The second-order valence-electron chi connectivity index (χ2n) is 5.71. The Kier molecular flexibility index (Phi) is 8.47. The van der Waals surface area contributed by atoms with E-state index in [2.05, 4.69) is 5.32 Å². The fourth-order valence-electron chi connectivity index (χ4n) is 2.71. The molecule has 0 unspecified atom stereocenters. The summed E-state index contributed by atoms with van der Waals surface area (Å²) in [5.74, 6) is 0.854. The van der Waals surface area contributed by atoms with E-state index in [-0.39, 0.29) is 30.8 Å². The molecule has 0 radical (unpaired) electrons. The first kappa shape index (κ1) is 21.9. The highest BCUT2D eigenvalue weighted by atomic mass is 35.5. The van der Waals surface area contributed by atoms with Crippen molar-refractivity contribution in [3.8, 4) is 17.2 Å². The van der Waals surface area contributed by atoms with E-state index in [0.29, 0.717) is 35.9 Å². The van der Waals surface area contributed by atoms with E-state index in [4.69, 9.17) is 14.2 Å². The van der Waals surface area contributed by atoms with E-state index < -0.39 is 0 Å². The largest absolute Gasteiger partial charge is 0.493 e. The zero-order chi connectivity index (χ0) is 18.4. The van der Waals surface area contributed by atoms with Crippen molar-refractivity contribution in [2.75, 3.05) is 61.1 Å². The first-order chi connectivity index (χ1) is 12.0. The van der Waals surface area contributed by atoms with Gasteiger partial charge in [-0.3, -0.25) is 9.59 Å². The number of rotatable bonds is 6. The minimum atomic E-state index is -0.289. The third-order valence-corrected chi connectivity index (χ3v) is 4.10. The number of methoxy groups -OCH3 is 3. The monoisotopic (exact) mass is 387 g/mol. The molecule has 0 saturated carbocycles. The number of nitrogens with one attached hydrogen (secondary N) is 1. The summed E-state index contributed by atoms with van der Waals surface area (Å²) < 4.78 is 15.8. The smallest absolute Gasteiger partial charge is 0.254 e. The van der Waals surface area contributed by atoms with Gasteiger partial charge in [-0.2, -0.15) is 0 Å². The Bertz CT molecular complexity index is 610. The van der Waals surface area contributed by atoms with Crippen LogP contribution in [0.2, 0.25) is 0 Å². The lowest BCUT2D eigenvalue weighted by molar-refractivity contribution is -0.132. The van der Waals surface area contributed by atoms with Crippen LogP contribution in [0.3, 0.4) is 0 Å². The Labute approximate surface area is 159 Å². The number of halogens is 1. The molecule has 1 saturated heterocycles. The van der Waals surface area contributed by atoms with Crippen LogP contribution in [-0.4, -0.2) is 82.7 Å².